The Morgan fingerprint density at radius 3 is 2.36 bits per heavy atom. The van der Waals surface area contributed by atoms with Gasteiger partial charge in [0.15, 0.2) is 17.9 Å². The van der Waals surface area contributed by atoms with Gasteiger partial charge in [-0.2, -0.15) is 0 Å². The number of rotatable bonds is 7. The number of amides is 4. The molecule has 4 atom stereocenters. The van der Waals surface area contributed by atoms with Gasteiger partial charge in [-0.25, -0.2) is 22.5 Å². The number of carbonyl (C=O) groups excluding carboxylic acids is 4. The molecule has 4 amide bonds. The van der Waals surface area contributed by atoms with Gasteiger partial charge in [-0.3, -0.25) is 24.6 Å². The number of aryl methyl sites for hydroxylation is 2. The standard InChI is InChI=1S/C24H29F2N3O6S/c1-24(2,3)36(34)28-19(15-10-12-4-5-13(12)11-16(15)25)18(26)20(30)17-21(31)27-23(33)29(22(17)32)14-6-8-35-9-7-14/h10-11,14,17-19,28H,4-9H2,1-3H3,(H,27,31,33)/t17?,18-,19+,36-/m1/s1. The van der Waals surface area contributed by atoms with Crippen molar-refractivity contribution in [3.8, 4) is 0 Å². The number of hydrogen-bond acceptors (Lipinski definition) is 6. The van der Waals surface area contributed by atoms with E-state index in [0.29, 0.717) is 25.7 Å². The lowest BCUT2D eigenvalue weighted by Gasteiger charge is -2.37. The molecule has 0 saturated carbocycles. The lowest BCUT2D eigenvalue weighted by Crippen LogP contribution is -2.64. The third-order valence-corrected chi connectivity index (χ3v) is 8.29. The third-order valence-electron chi connectivity index (χ3n) is 6.71. The largest absolute Gasteiger partial charge is 0.381 e. The molecule has 0 spiro atoms. The molecule has 2 saturated heterocycles. The fourth-order valence-electron chi connectivity index (χ4n) is 4.50. The van der Waals surface area contributed by atoms with Crippen molar-refractivity contribution in [3.63, 3.8) is 0 Å². The maximum Gasteiger partial charge on any atom is 0.331 e. The second-order valence-corrected chi connectivity index (χ2v) is 12.2. The van der Waals surface area contributed by atoms with Crippen LogP contribution in [0.2, 0.25) is 0 Å². The van der Waals surface area contributed by atoms with Crippen LogP contribution in [0.15, 0.2) is 12.1 Å². The van der Waals surface area contributed by atoms with Crippen LogP contribution in [-0.4, -0.2) is 62.9 Å². The minimum atomic E-state index is -2.60. The number of nitrogens with one attached hydrogen (secondary N) is 2. The summed E-state index contributed by atoms with van der Waals surface area (Å²) in [4.78, 5) is 52.2. The Morgan fingerprint density at radius 2 is 1.78 bits per heavy atom. The number of ether oxygens (including phenoxy) is 1. The molecule has 2 N–H and O–H groups in total. The molecule has 1 aliphatic carbocycles. The van der Waals surface area contributed by atoms with E-state index in [4.69, 9.17) is 4.74 Å². The fourth-order valence-corrected chi connectivity index (χ4v) is 5.33. The van der Waals surface area contributed by atoms with Crippen LogP contribution in [0.3, 0.4) is 0 Å². The minimum Gasteiger partial charge on any atom is -0.381 e. The Morgan fingerprint density at radius 1 is 1.17 bits per heavy atom. The van der Waals surface area contributed by atoms with Gasteiger partial charge in [0.25, 0.3) is 5.91 Å². The van der Waals surface area contributed by atoms with E-state index in [9.17, 15) is 23.4 Å². The number of Topliss-reactive ketones (excluding diaryl/α,β-unsaturated/α-hetero) is 1. The minimum absolute atomic E-state index is 0.215. The summed E-state index contributed by atoms with van der Waals surface area (Å²) in [6.07, 6.45) is -0.670. The summed E-state index contributed by atoms with van der Waals surface area (Å²) in [5.41, 5.74) is 1.33. The molecular weight excluding hydrogens is 496 g/mol. The second-order valence-electron chi connectivity index (χ2n) is 10.2. The third kappa shape index (κ3) is 4.98. The predicted molar refractivity (Wildman–Crippen MR) is 125 cm³/mol. The molecule has 9 nitrogen and oxygen atoms in total. The first-order valence-corrected chi connectivity index (χ1v) is 13.0. The molecule has 0 aromatic heterocycles. The molecule has 4 rings (SSSR count). The Hall–Kier alpha value is -2.57. The number of ketones is 1. The van der Waals surface area contributed by atoms with Gasteiger partial charge in [0.05, 0.1) is 21.8 Å². The normalized spacial score (nSPS) is 23.4. The molecule has 1 aromatic rings. The van der Waals surface area contributed by atoms with Gasteiger partial charge in [-0.15, -0.1) is 0 Å². The van der Waals surface area contributed by atoms with Gasteiger partial charge in [0.2, 0.25) is 5.91 Å². The number of fused-ring (bicyclic) bond motifs is 1. The van der Waals surface area contributed by atoms with E-state index in [-0.39, 0.29) is 18.8 Å². The van der Waals surface area contributed by atoms with E-state index in [0.717, 1.165) is 16.0 Å². The summed E-state index contributed by atoms with van der Waals surface area (Å²) in [5.74, 6) is -6.73. The van der Waals surface area contributed by atoms with Gasteiger partial charge in [-0.1, -0.05) is 6.07 Å². The van der Waals surface area contributed by atoms with Crippen molar-refractivity contribution in [2.45, 2.75) is 69.5 Å². The Kier molecular flexibility index (Phi) is 7.40. The average Bonchev–Trinajstić information content (AvgIpc) is 2.79. The molecule has 1 unspecified atom stereocenters. The summed E-state index contributed by atoms with van der Waals surface area (Å²) in [5, 5.41) is 1.97. The van der Waals surface area contributed by atoms with Crippen LogP contribution in [-0.2, 0) is 42.9 Å². The molecule has 2 fully saturated rings. The number of carbonyl (C=O) groups is 4. The summed E-state index contributed by atoms with van der Waals surface area (Å²) in [6.45, 7) is 5.41. The van der Waals surface area contributed by atoms with Crippen molar-refractivity contribution >= 4 is 34.6 Å². The number of benzene rings is 1. The summed E-state index contributed by atoms with van der Waals surface area (Å²) < 4.78 is 50.7. The van der Waals surface area contributed by atoms with Crippen LogP contribution in [0.4, 0.5) is 13.6 Å². The summed E-state index contributed by atoms with van der Waals surface area (Å²) >= 11 is 0. The first-order valence-electron chi connectivity index (χ1n) is 11.8. The number of barbiturate groups is 1. The van der Waals surface area contributed by atoms with E-state index in [1.807, 2.05) is 5.32 Å². The lowest BCUT2D eigenvalue weighted by atomic mass is 9.84. The van der Waals surface area contributed by atoms with E-state index in [1.54, 1.807) is 20.8 Å². The lowest BCUT2D eigenvalue weighted by molar-refractivity contribution is -0.151. The van der Waals surface area contributed by atoms with E-state index < -0.39 is 69.4 Å². The molecule has 1 aromatic carbocycles. The molecule has 0 bridgehead atoms. The second kappa shape index (κ2) is 10.1. The fraction of sp³-hybridized carbons (Fsp3) is 0.583. The van der Waals surface area contributed by atoms with Crippen molar-refractivity contribution in [1.29, 1.82) is 0 Å². The van der Waals surface area contributed by atoms with E-state index in [2.05, 4.69) is 4.72 Å². The van der Waals surface area contributed by atoms with E-state index in [1.165, 1.54) is 12.1 Å². The number of hydrogen-bond donors (Lipinski definition) is 2. The van der Waals surface area contributed by atoms with Crippen LogP contribution in [0.5, 0.6) is 0 Å². The number of nitrogens with zero attached hydrogens (tertiary/aromatic N) is 1. The van der Waals surface area contributed by atoms with Crippen molar-refractivity contribution < 1.29 is 36.9 Å². The van der Waals surface area contributed by atoms with Crippen LogP contribution in [0, 0.1) is 11.7 Å². The smallest absolute Gasteiger partial charge is 0.331 e. The van der Waals surface area contributed by atoms with Gasteiger partial charge >= 0.3 is 6.03 Å². The molecule has 2 heterocycles. The highest BCUT2D eigenvalue weighted by Crippen LogP contribution is 2.33. The zero-order valence-corrected chi connectivity index (χ0v) is 21.1. The van der Waals surface area contributed by atoms with Crippen LogP contribution in [0.25, 0.3) is 0 Å². The summed E-state index contributed by atoms with van der Waals surface area (Å²) in [6, 6.07) is -0.636. The zero-order chi connectivity index (χ0) is 26.4. The highest BCUT2D eigenvalue weighted by molar-refractivity contribution is 7.84. The summed E-state index contributed by atoms with van der Waals surface area (Å²) in [7, 11) is -1.92. The van der Waals surface area contributed by atoms with Gasteiger partial charge in [0.1, 0.15) is 5.82 Å². The topological polar surface area (TPSA) is 122 Å². The predicted octanol–water partition coefficient (Wildman–Crippen LogP) is 1.80. The maximum atomic E-state index is 16.0. The van der Waals surface area contributed by atoms with Crippen LogP contribution < -0.4 is 10.0 Å². The Labute approximate surface area is 209 Å². The molecule has 3 aliphatic rings. The number of alkyl halides is 1. The molecule has 12 heteroatoms. The van der Waals surface area contributed by atoms with Gasteiger partial charge in [0, 0.05) is 24.8 Å². The molecular formula is C24H29F2N3O6S. The first-order chi connectivity index (χ1) is 16.9. The van der Waals surface area contributed by atoms with Crippen LogP contribution in [0.1, 0.15) is 56.3 Å². The molecule has 196 valence electrons. The van der Waals surface area contributed by atoms with Crippen molar-refractivity contribution in [2.24, 2.45) is 5.92 Å². The average molecular weight is 526 g/mol. The zero-order valence-electron chi connectivity index (χ0n) is 20.3. The van der Waals surface area contributed by atoms with Crippen molar-refractivity contribution in [2.75, 3.05) is 13.2 Å². The Balaban J connectivity index is 1.66. The molecule has 0 radical (unpaired) electrons. The van der Waals surface area contributed by atoms with Gasteiger partial charge < -0.3 is 4.74 Å². The Bertz CT molecular complexity index is 1130. The van der Waals surface area contributed by atoms with E-state index >= 15 is 8.78 Å². The van der Waals surface area contributed by atoms with Crippen molar-refractivity contribution in [1.82, 2.24) is 14.9 Å². The van der Waals surface area contributed by atoms with Gasteiger partial charge in [-0.05, 0) is 63.6 Å². The van der Waals surface area contributed by atoms with Crippen molar-refractivity contribution in [3.05, 3.63) is 34.6 Å². The maximum absolute atomic E-state index is 16.0. The highest BCUT2D eigenvalue weighted by Gasteiger charge is 2.51. The SMILES string of the molecule is CC(C)(C)[S@@](=O)N[C@@H](c1cc2c(cc1F)CC2)[C@@H](F)C(=O)C1C(=O)NC(=O)N(C2CCOCC2)C1=O. The molecule has 2 aliphatic heterocycles. The highest BCUT2D eigenvalue weighted by atomic mass is 32.2. The quantitative estimate of drug-likeness (QED) is 0.524. The number of urea groups is 1. The monoisotopic (exact) mass is 525 g/mol. The number of halogens is 2. The molecule has 36 heavy (non-hydrogen) atoms. The van der Waals surface area contributed by atoms with Crippen LogP contribution >= 0.6 is 0 Å². The number of imide groups is 2. The first kappa shape index (κ1) is 26.5.